The van der Waals surface area contributed by atoms with E-state index in [2.05, 4.69) is 4.72 Å². The predicted octanol–water partition coefficient (Wildman–Crippen LogP) is 2.65. The summed E-state index contributed by atoms with van der Waals surface area (Å²) in [6.07, 6.45) is 2.48. The highest BCUT2D eigenvalue weighted by Gasteiger charge is 2.30. The molecule has 0 saturated heterocycles. The molecule has 1 aromatic carbocycles. The normalized spacial score (nSPS) is 23.7. The Balaban J connectivity index is 2.20. The van der Waals surface area contributed by atoms with Crippen LogP contribution in [0.4, 0.5) is 8.78 Å². The molecular formula is C12H14ClF2NO2S. The second kappa shape index (κ2) is 5.73. The van der Waals surface area contributed by atoms with Gasteiger partial charge in [-0.3, -0.25) is 0 Å². The Morgan fingerprint density at radius 2 is 2.00 bits per heavy atom. The third kappa shape index (κ3) is 3.24. The predicted molar refractivity (Wildman–Crippen MR) is 68.5 cm³/mol. The van der Waals surface area contributed by atoms with Crippen LogP contribution in [0.25, 0.3) is 0 Å². The van der Waals surface area contributed by atoms with Crippen molar-refractivity contribution >= 4 is 21.6 Å². The Morgan fingerprint density at radius 1 is 1.26 bits per heavy atom. The average Bonchev–Trinajstić information content (AvgIpc) is 2.79. The standard InChI is InChI=1S/C12H14ClF2NO2S/c13-7-8-2-1-3-12(8)16-19(17,18)9-4-5-10(14)11(15)6-9/h4-6,8,12,16H,1-3,7H2. The van der Waals surface area contributed by atoms with E-state index in [0.717, 1.165) is 25.0 Å². The molecule has 0 amide bonds. The molecule has 2 unspecified atom stereocenters. The average molecular weight is 310 g/mol. The number of benzene rings is 1. The molecule has 1 aromatic rings. The number of rotatable bonds is 4. The molecule has 0 heterocycles. The van der Waals surface area contributed by atoms with Crippen molar-refractivity contribution in [1.82, 2.24) is 4.72 Å². The lowest BCUT2D eigenvalue weighted by atomic mass is 10.1. The minimum atomic E-state index is -3.84. The highest BCUT2D eigenvalue weighted by Crippen LogP contribution is 2.28. The molecule has 0 bridgehead atoms. The smallest absolute Gasteiger partial charge is 0.208 e. The van der Waals surface area contributed by atoms with Crippen molar-refractivity contribution < 1.29 is 17.2 Å². The Morgan fingerprint density at radius 3 is 2.63 bits per heavy atom. The van der Waals surface area contributed by atoms with Crippen LogP contribution in [0.2, 0.25) is 0 Å². The zero-order valence-corrected chi connectivity index (χ0v) is 11.6. The van der Waals surface area contributed by atoms with Crippen molar-refractivity contribution in [3.63, 3.8) is 0 Å². The number of sulfonamides is 1. The summed E-state index contributed by atoms with van der Waals surface area (Å²) in [5.41, 5.74) is 0. The zero-order chi connectivity index (χ0) is 14.0. The Labute approximate surface area is 116 Å². The summed E-state index contributed by atoms with van der Waals surface area (Å²) in [5, 5.41) is 0. The van der Waals surface area contributed by atoms with E-state index < -0.39 is 21.7 Å². The lowest BCUT2D eigenvalue weighted by molar-refractivity contribution is 0.478. The highest BCUT2D eigenvalue weighted by atomic mass is 35.5. The van der Waals surface area contributed by atoms with E-state index >= 15 is 0 Å². The summed E-state index contributed by atoms with van der Waals surface area (Å²) in [5.74, 6) is -1.78. The SMILES string of the molecule is O=S(=O)(NC1CCCC1CCl)c1ccc(F)c(F)c1. The molecule has 19 heavy (non-hydrogen) atoms. The minimum absolute atomic E-state index is 0.0849. The maximum Gasteiger partial charge on any atom is 0.240 e. The van der Waals surface area contributed by atoms with Gasteiger partial charge >= 0.3 is 0 Å². The van der Waals surface area contributed by atoms with Crippen LogP contribution in [0.15, 0.2) is 23.1 Å². The van der Waals surface area contributed by atoms with Gasteiger partial charge in [0.15, 0.2) is 11.6 Å². The van der Waals surface area contributed by atoms with Crippen molar-refractivity contribution in [2.24, 2.45) is 5.92 Å². The maximum absolute atomic E-state index is 13.1. The number of alkyl halides is 1. The van der Waals surface area contributed by atoms with E-state index in [4.69, 9.17) is 11.6 Å². The van der Waals surface area contributed by atoms with E-state index in [1.54, 1.807) is 0 Å². The van der Waals surface area contributed by atoms with Crippen LogP contribution >= 0.6 is 11.6 Å². The number of hydrogen-bond acceptors (Lipinski definition) is 2. The van der Waals surface area contributed by atoms with Gasteiger partial charge in [0.05, 0.1) is 4.90 Å². The molecule has 3 nitrogen and oxygen atoms in total. The van der Waals surface area contributed by atoms with Crippen LogP contribution in [-0.2, 0) is 10.0 Å². The molecule has 2 atom stereocenters. The molecule has 1 fully saturated rings. The van der Waals surface area contributed by atoms with Crippen LogP contribution < -0.4 is 4.72 Å². The molecule has 106 valence electrons. The first-order valence-electron chi connectivity index (χ1n) is 5.97. The molecule has 0 spiro atoms. The van der Waals surface area contributed by atoms with Gasteiger partial charge in [-0.05, 0) is 37.0 Å². The molecule has 1 aliphatic rings. The number of nitrogens with one attached hydrogen (secondary N) is 1. The molecule has 0 radical (unpaired) electrons. The van der Waals surface area contributed by atoms with Gasteiger partial charge in [0, 0.05) is 11.9 Å². The van der Waals surface area contributed by atoms with Crippen molar-refractivity contribution in [2.45, 2.75) is 30.2 Å². The second-order valence-corrected chi connectivity index (χ2v) is 6.67. The van der Waals surface area contributed by atoms with Crippen LogP contribution in [-0.4, -0.2) is 20.3 Å². The third-order valence-corrected chi connectivity index (χ3v) is 5.25. The van der Waals surface area contributed by atoms with Crippen LogP contribution in [0, 0.1) is 17.6 Å². The molecule has 2 rings (SSSR count). The fraction of sp³-hybridized carbons (Fsp3) is 0.500. The quantitative estimate of drug-likeness (QED) is 0.869. The van der Waals surface area contributed by atoms with E-state index in [1.165, 1.54) is 0 Å². The van der Waals surface area contributed by atoms with Gasteiger partial charge in [-0.2, -0.15) is 0 Å². The van der Waals surface area contributed by atoms with E-state index in [-0.39, 0.29) is 16.9 Å². The van der Waals surface area contributed by atoms with Crippen molar-refractivity contribution in [3.05, 3.63) is 29.8 Å². The first-order valence-corrected chi connectivity index (χ1v) is 7.99. The largest absolute Gasteiger partial charge is 0.240 e. The van der Waals surface area contributed by atoms with Crippen molar-refractivity contribution in [3.8, 4) is 0 Å². The molecule has 1 aliphatic carbocycles. The van der Waals surface area contributed by atoms with E-state index in [1.807, 2.05) is 0 Å². The lowest BCUT2D eigenvalue weighted by Crippen LogP contribution is -2.37. The van der Waals surface area contributed by atoms with Crippen LogP contribution in [0.3, 0.4) is 0 Å². The monoisotopic (exact) mass is 309 g/mol. The molecule has 1 saturated carbocycles. The van der Waals surface area contributed by atoms with Crippen LogP contribution in [0.5, 0.6) is 0 Å². The Bertz CT molecular complexity index is 565. The molecule has 1 N–H and O–H groups in total. The second-order valence-electron chi connectivity index (χ2n) is 4.65. The van der Waals surface area contributed by atoms with Gasteiger partial charge in [0.25, 0.3) is 0 Å². The number of hydrogen-bond donors (Lipinski definition) is 1. The first-order chi connectivity index (χ1) is 8.94. The van der Waals surface area contributed by atoms with Crippen molar-refractivity contribution in [2.75, 3.05) is 5.88 Å². The Hall–Kier alpha value is -0.720. The van der Waals surface area contributed by atoms with Gasteiger partial charge in [-0.15, -0.1) is 11.6 Å². The minimum Gasteiger partial charge on any atom is -0.208 e. The van der Waals surface area contributed by atoms with Crippen molar-refractivity contribution in [1.29, 1.82) is 0 Å². The third-order valence-electron chi connectivity index (χ3n) is 3.37. The van der Waals surface area contributed by atoms with Gasteiger partial charge in [-0.25, -0.2) is 21.9 Å². The topological polar surface area (TPSA) is 46.2 Å². The summed E-state index contributed by atoms with van der Waals surface area (Å²) in [6.45, 7) is 0. The fourth-order valence-electron chi connectivity index (χ4n) is 2.29. The molecule has 0 aromatic heterocycles. The van der Waals surface area contributed by atoms with Gasteiger partial charge in [-0.1, -0.05) is 6.42 Å². The summed E-state index contributed by atoms with van der Waals surface area (Å²) in [4.78, 5) is -0.272. The Kier molecular flexibility index (Phi) is 4.43. The maximum atomic E-state index is 13.1. The van der Waals surface area contributed by atoms with Gasteiger partial charge in [0.1, 0.15) is 0 Å². The fourth-order valence-corrected chi connectivity index (χ4v) is 4.01. The molecule has 0 aliphatic heterocycles. The summed E-state index contributed by atoms with van der Waals surface area (Å²) >= 11 is 5.78. The van der Waals surface area contributed by atoms with Gasteiger partial charge in [0.2, 0.25) is 10.0 Å². The zero-order valence-electron chi connectivity index (χ0n) is 10.1. The molecule has 7 heteroatoms. The highest BCUT2D eigenvalue weighted by molar-refractivity contribution is 7.89. The van der Waals surface area contributed by atoms with E-state index in [9.17, 15) is 17.2 Å². The molecular weight excluding hydrogens is 296 g/mol. The van der Waals surface area contributed by atoms with E-state index in [0.29, 0.717) is 18.4 Å². The summed E-state index contributed by atoms with van der Waals surface area (Å²) < 4.78 is 52.5. The summed E-state index contributed by atoms with van der Waals surface area (Å²) in [6, 6.07) is 2.29. The van der Waals surface area contributed by atoms with Gasteiger partial charge < -0.3 is 0 Å². The lowest BCUT2D eigenvalue weighted by Gasteiger charge is -2.18. The van der Waals surface area contributed by atoms with Crippen LogP contribution in [0.1, 0.15) is 19.3 Å². The first kappa shape index (κ1) is 14.7. The summed E-state index contributed by atoms with van der Waals surface area (Å²) in [7, 11) is -3.84. The number of halogens is 3.